The van der Waals surface area contributed by atoms with Gasteiger partial charge in [-0.15, -0.1) is 66.2 Å². The summed E-state index contributed by atoms with van der Waals surface area (Å²) in [6.07, 6.45) is 17.7. The number of anilines is 2. The number of hydrogen-bond acceptors (Lipinski definition) is 19. The molecular formula is C71H91Cl4I4N15O5. The van der Waals surface area contributed by atoms with E-state index in [-0.39, 0.29) is 54.1 Å². The van der Waals surface area contributed by atoms with Gasteiger partial charge in [-0.05, 0) is 192 Å². The molecule has 0 atom stereocenters. The van der Waals surface area contributed by atoms with Crippen molar-refractivity contribution in [2.75, 3.05) is 39.5 Å². The van der Waals surface area contributed by atoms with E-state index in [4.69, 9.17) is 80.9 Å². The maximum Gasteiger partial charge on any atom is 0.231 e. The zero-order valence-electron chi connectivity index (χ0n) is 56.8. The summed E-state index contributed by atoms with van der Waals surface area (Å²) < 4.78 is 34.1. The number of hydrogen-bond donors (Lipinski definition) is 3. The lowest BCUT2D eigenvalue weighted by Gasteiger charge is -2.28. The number of aromatic nitrogens is 10. The normalized spacial score (nSPS) is 18.3. The number of fused-ring (bicyclic) bond motifs is 3. The minimum absolute atomic E-state index is 0. The second-order valence-corrected chi connectivity index (χ2v) is 31.0. The highest BCUT2D eigenvalue weighted by Gasteiger charge is 2.32. The zero-order valence-corrected chi connectivity index (χ0v) is 68.7. The van der Waals surface area contributed by atoms with Crippen LogP contribution >= 0.6 is 138 Å². The molecule has 99 heavy (non-hydrogen) atoms. The van der Waals surface area contributed by atoms with E-state index in [1.54, 1.807) is 30.7 Å². The Hall–Kier alpha value is -4.51. The van der Waals surface area contributed by atoms with Gasteiger partial charge in [0.05, 0.1) is 21.2 Å². The van der Waals surface area contributed by atoms with Crippen LogP contribution in [0.5, 0.6) is 17.6 Å². The summed E-state index contributed by atoms with van der Waals surface area (Å²) in [5.41, 5.74) is 17.6. The molecule has 3 aliphatic carbocycles. The molecule has 5 N–H and O–H groups in total. The van der Waals surface area contributed by atoms with Gasteiger partial charge in [-0.25, -0.2) is 15.0 Å². The van der Waals surface area contributed by atoms with Crippen molar-refractivity contribution in [3.63, 3.8) is 0 Å². The van der Waals surface area contributed by atoms with Crippen LogP contribution in [0.4, 0.5) is 11.4 Å². The smallest absolute Gasteiger partial charge is 0.231 e. The average molecular weight is 1880 g/mol. The molecule has 0 amide bonds. The van der Waals surface area contributed by atoms with Crippen LogP contribution in [0.1, 0.15) is 167 Å². The Morgan fingerprint density at radius 3 is 1.45 bits per heavy atom. The lowest BCUT2D eigenvalue weighted by atomic mass is 9.86. The number of benzene rings is 3. The van der Waals surface area contributed by atoms with Gasteiger partial charge >= 0.3 is 0 Å². The molecule has 0 unspecified atom stereocenters. The van der Waals surface area contributed by atoms with Crippen LogP contribution in [0, 0.1) is 0 Å². The molecule has 0 radical (unpaired) electrons. The standard InChI is InChI=1S/C22H26ClN5O2.C22H24ClN5O.C14H16ClN3O2.C8H11ClN2.C2H5I.C2H6.CH2I2.HI/c1-28(13-16-12-17(23)7-10-19(16)24)14-21-26-27-22(30-21)15-5-8-18(9-6-15)29-20-4-2-3-11-25-20;1-27-13-16-12-17(23)7-10-19(16)28-20(14-27)25-26-22(28)15-5-8-18(9-6-15)29-21-4-2-3-11-24-21;15-9-13-17-18-14(20-13)10-4-6-11(7-5-10)19-12-3-1-2-8-16-12;1-11-5-6-4-7(9)2-3-8(6)10;1-2-3;1-2;2-1-3;/h2-4,7,10-12,15,18H,5-6,8-9,13-14,24H2,1H3;2-4,7,10-12,15,18H,5-6,8-9,13-14H2,1H3;1-3,8,10-11H,4-7,9H2;2-4,11H,5,10H2,1H3;2H2,1H3;1-2H3;1H2;1H. The van der Waals surface area contributed by atoms with Gasteiger partial charge in [0.1, 0.15) is 30.0 Å². The van der Waals surface area contributed by atoms with Crippen molar-refractivity contribution < 1.29 is 23.0 Å². The average Bonchev–Trinajstić information content (AvgIpc) is 1.64. The predicted octanol–water partition coefficient (Wildman–Crippen LogP) is 18.7. The molecule has 7 heterocycles. The van der Waals surface area contributed by atoms with Crippen molar-refractivity contribution in [2.24, 2.45) is 0 Å². The maximum atomic E-state index is 6.27. The molecule has 4 aliphatic rings. The molecule has 28 heteroatoms. The van der Waals surface area contributed by atoms with Crippen molar-refractivity contribution in [2.45, 2.75) is 172 Å². The molecule has 3 fully saturated rings. The first-order chi connectivity index (χ1) is 47.6. The lowest BCUT2D eigenvalue weighted by molar-refractivity contribution is 0.134. The highest BCUT2D eigenvalue weighted by atomic mass is 127. The number of pyridine rings is 3. The first-order valence-electron chi connectivity index (χ1n) is 33.1. The Labute approximate surface area is 661 Å². The van der Waals surface area contributed by atoms with E-state index >= 15 is 0 Å². The molecule has 13 rings (SSSR count). The minimum atomic E-state index is 0. The molecule has 0 saturated heterocycles. The molecule has 0 bridgehead atoms. The molecule has 1 aliphatic heterocycles. The third-order valence-electron chi connectivity index (χ3n) is 16.3. The molecule has 20 nitrogen and oxygen atoms in total. The summed E-state index contributed by atoms with van der Waals surface area (Å²) in [7, 11) is 5.97. The third kappa shape index (κ3) is 27.6. The van der Waals surface area contributed by atoms with Crippen LogP contribution in [0.25, 0.3) is 5.69 Å². The van der Waals surface area contributed by atoms with Crippen molar-refractivity contribution in [3.05, 3.63) is 195 Å². The maximum absolute atomic E-state index is 6.27. The Balaban J connectivity index is 0.000000209. The fourth-order valence-electron chi connectivity index (χ4n) is 11.7. The summed E-state index contributed by atoms with van der Waals surface area (Å²) in [4.78, 5) is 17.0. The summed E-state index contributed by atoms with van der Waals surface area (Å²) in [6.45, 7) is 9.70. The van der Waals surface area contributed by atoms with E-state index in [0.717, 1.165) is 152 Å². The Morgan fingerprint density at radius 2 is 1.00 bits per heavy atom. The fraction of sp³-hybridized carbons (Fsp3) is 0.451. The largest absolute Gasteiger partial charge is 0.474 e. The van der Waals surface area contributed by atoms with E-state index < -0.39 is 0 Å². The first-order valence-corrected chi connectivity index (χ1v) is 39.3. The monoisotopic (exact) mass is 1880 g/mol. The number of nitrogen functional groups attached to an aromatic ring is 2. The zero-order chi connectivity index (χ0) is 70.2. The number of rotatable bonds is 16. The van der Waals surface area contributed by atoms with Crippen molar-refractivity contribution >= 4 is 150 Å². The number of halogens is 8. The van der Waals surface area contributed by atoms with E-state index in [0.29, 0.717) is 65.3 Å². The minimum Gasteiger partial charge on any atom is -0.474 e. The van der Waals surface area contributed by atoms with Crippen LogP contribution < -0.4 is 31.0 Å². The van der Waals surface area contributed by atoms with Gasteiger partial charge in [-0.3, -0.25) is 14.4 Å². The Morgan fingerprint density at radius 1 is 0.566 bits per heavy atom. The quantitative estimate of drug-likeness (QED) is 0.0462. The fourth-order valence-corrected chi connectivity index (χ4v) is 12.4. The van der Waals surface area contributed by atoms with Crippen LogP contribution in [0.3, 0.4) is 0 Å². The predicted molar refractivity (Wildman–Crippen MR) is 433 cm³/mol. The van der Waals surface area contributed by atoms with Crippen molar-refractivity contribution in [3.8, 4) is 23.3 Å². The van der Waals surface area contributed by atoms with Gasteiger partial charge < -0.3 is 39.8 Å². The molecular weight excluding hydrogens is 1790 g/mol. The number of ether oxygens (including phenoxy) is 3. The van der Waals surface area contributed by atoms with Crippen LogP contribution in [0.15, 0.2) is 137 Å². The van der Waals surface area contributed by atoms with Gasteiger partial charge in [0.15, 0.2) is 5.82 Å². The Kier molecular flexibility index (Phi) is 38.4. The SMILES string of the molecule is CC.CCI.CN(Cc1nnc(C2CCC(Oc3ccccn3)CC2)o1)Cc1cc(Cl)ccc1N.CN1Cc2cc(Cl)ccc2-n2c(nnc2C2CCC(Oc3ccccn3)CC2)C1.CNCc1cc(Cl)ccc1N.ClCc1nnc(C2CCC(Oc3ccccn3)CC2)o1.I.ICI. The molecule has 3 saturated carbocycles. The van der Waals surface area contributed by atoms with Gasteiger partial charge in [0.2, 0.25) is 41.2 Å². The number of nitrogens with two attached hydrogens (primary N) is 2. The summed E-state index contributed by atoms with van der Waals surface area (Å²) in [5, 5.41) is 30.9. The highest BCUT2D eigenvalue weighted by Crippen LogP contribution is 2.39. The van der Waals surface area contributed by atoms with Gasteiger partial charge in [0, 0.05) is 101 Å². The van der Waals surface area contributed by atoms with E-state index in [1.165, 1.54) is 12.4 Å². The van der Waals surface area contributed by atoms with Gasteiger partial charge in [0.25, 0.3) is 0 Å². The third-order valence-corrected chi connectivity index (χ3v) is 17.2. The number of nitrogens with zero attached hydrogens (tertiary/aromatic N) is 12. The van der Waals surface area contributed by atoms with Crippen molar-refractivity contribution in [1.29, 1.82) is 0 Å². The van der Waals surface area contributed by atoms with E-state index in [9.17, 15) is 0 Å². The topological polar surface area (TPSA) is 245 Å². The van der Waals surface area contributed by atoms with Crippen LogP contribution in [-0.2, 0) is 38.6 Å². The molecule has 9 aromatic rings. The molecule has 536 valence electrons. The van der Waals surface area contributed by atoms with E-state index in [1.807, 2.05) is 113 Å². The molecule has 6 aromatic heterocycles. The first kappa shape index (κ1) is 83.4. The van der Waals surface area contributed by atoms with Crippen LogP contribution in [-0.4, -0.2) is 106 Å². The van der Waals surface area contributed by atoms with Crippen LogP contribution in [0.2, 0.25) is 15.1 Å². The van der Waals surface area contributed by atoms with Gasteiger partial charge in [-0.2, -0.15) is 0 Å². The van der Waals surface area contributed by atoms with E-state index in [2.05, 4.69) is 159 Å². The second kappa shape index (κ2) is 45.6. The molecule has 3 aromatic carbocycles. The molecule has 0 spiro atoms. The second-order valence-electron chi connectivity index (χ2n) is 23.5. The Bertz CT molecular complexity index is 3700. The van der Waals surface area contributed by atoms with Gasteiger partial charge in [-0.1, -0.05) is 142 Å². The highest BCUT2D eigenvalue weighted by molar-refractivity contribution is 14.2. The lowest BCUT2D eigenvalue weighted by Crippen LogP contribution is -2.25. The summed E-state index contributed by atoms with van der Waals surface area (Å²) in [6, 6.07) is 34.3. The van der Waals surface area contributed by atoms with Crippen molar-refractivity contribution in [1.82, 2.24) is 65.2 Å². The summed E-state index contributed by atoms with van der Waals surface area (Å²) in [5.74, 6) is 7.93. The number of nitrogens with one attached hydrogen (secondary N) is 1. The number of alkyl halides is 4. The summed E-state index contributed by atoms with van der Waals surface area (Å²) >= 11 is 30.6.